The zero-order chi connectivity index (χ0) is 14.8. The van der Waals surface area contributed by atoms with E-state index in [4.69, 9.17) is 4.74 Å². The molecule has 2 unspecified atom stereocenters. The van der Waals surface area contributed by atoms with Crippen molar-refractivity contribution in [1.29, 1.82) is 0 Å². The van der Waals surface area contributed by atoms with E-state index >= 15 is 0 Å². The smallest absolute Gasteiger partial charge is 0.0606 e. The Morgan fingerprint density at radius 3 is 2.55 bits per heavy atom. The average molecular weight is 280 g/mol. The van der Waals surface area contributed by atoms with Crippen LogP contribution in [0.2, 0.25) is 0 Å². The minimum atomic E-state index is 0.483. The van der Waals surface area contributed by atoms with Crippen molar-refractivity contribution in [3.8, 4) is 0 Å². The minimum Gasteiger partial charge on any atom is -0.378 e. The minimum absolute atomic E-state index is 0.483. The highest BCUT2D eigenvalue weighted by Gasteiger charge is 2.34. The van der Waals surface area contributed by atoms with Crippen molar-refractivity contribution in [2.75, 3.05) is 6.61 Å². The van der Waals surface area contributed by atoms with Gasteiger partial charge in [-0.25, -0.2) is 0 Å². The number of hydrogen-bond acceptors (Lipinski definition) is 1. The van der Waals surface area contributed by atoms with Crippen LogP contribution in [-0.2, 0) is 4.74 Å². The van der Waals surface area contributed by atoms with Gasteiger partial charge in [0.2, 0.25) is 0 Å². The van der Waals surface area contributed by atoms with Crippen molar-refractivity contribution >= 4 is 0 Å². The summed E-state index contributed by atoms with van der Waals surface area (Å²) < 4.78 is 6.20. The third-order valence-electron chi connectivity index (χ3n) is 4.75. The highest BCUT2D eigenvalue weighted by molar-refractivity contribution is 4.89. The van der Waals surface area contributed by atoms with Crippen LogP contribution in [0, 0.1) is 11.3 Å². The Hall–Kier alpha value is -0.300. The van der Waals surface area contributed by atoms with Crippen LogP contribution < -0.4 is 0 Å². The molecule has 1 aliphatic carbocycles. The highest BCUT2D eigenvalue weighted by atomic mass is 16.5. The van der Waals surface area contributed by atoms with Gasteiger partial charge >= 0.3 is 0 Å². The van der Waals surface area contributed by atoms with Gasteiger partial charge in [0.15, 0.2) is 0 Å². The molecule has 1 aliphatic rings. The van der Waals surface area contributed by atoms with Crippen LogP contribution in [0.3, 0.4) is 0 Å². The van der Waals surface area contributed by atoms with E-state index in [0.717, 1.165) is 13.0 Å². The monoisotopic (exact) mass is 280 g/mol. The third-order valence-corrected chi connectivity index (χ3v) is 4.75. The van der Waals surface area contributed by atoms with Crippen LogP contribution in [0.1, 0.15) is 85.0 Å². The van der Waals surface area contributed by atoms with Gasteiger partial charge < -0.3 is 4.74 Å². The Labute approximate surface area is 127 Å². The van der Waals surface area contributed by atoms with Crippen LogP contribution in [-0.4, -0.2) is 12.7 Å². The predicted molar refractivity (Wildman–Crippen MR) is 89.1 cm³/mol. The van der Waals surface area contributed by atoms with E-state index in [1.165, 1.54) is 57.8 Å². The van der Waals surface area contributed by atoms with Crippen LogP contribution >= 0.6 is 0 Å². The van der Waals surface area contributed by atoms with Gasteiger partial charge in [0.05, 0.1) is 6.10 Å². The maximum atomic E-state index is 6.20. The molecule has 1 nitrogen and oxygen atoms in total. The van der Waals surface area contributed by atoms with Crippen LogP contribution in [0.15, 0.2) is 12.7 Å². The normalized spacial score (nSPS) is 25.6. The zero-order valence-corrected chi connectivity index (χ0v) is 14.1. The zero-order valence-electron chi connectivity index (χ0n) is 14.1. The van der Waals surface area contributed by atoms with Gasteiger partial charge in [0.25, 0.3) is 0 Å². The lowest BCUT2D eigenvalue weighted by Crippen LogP contribution is -2.35. The molecule has 0 spiro atoms. The molecular formula is C19H36O. The van der Waals surface area contributed by atoms with Crippen molar-refractivity contribution in [3.05, 3.63) is 12.7 Å². The molecule has 0 aromatic heterocycles. The summed E-state index contributed by atoms with van der Waals surface area (Å²) in [5, 5.41) is 0. The Kier molecular flexibility index (Phi) is 8.52. The molecule has 0 aromatic carbocycles. The summed E-state index contributed by atoms with van der Waals surface area (Å²) in [7, 11) is 0. The van der Waals surface area contributed by atoms with E-state index in [9.17, 15) is 0 Å². The van der Waals surface area contributed by atoms with Gasteiger partial charge in [0, 0.05) is 6.61 Å². The molecule has 1 fully saturated rings. The molecule has 1 saturated carbocycles. The highest BCUT2D eigenvalue weighted by Crippen LogP contribution is 2.41. The second-order valence-electron chi connectivity index (χ2n) is 7.37. The molecular weight excluding hydrogens is 244 g/mol. The molecule has 0 radical (unpaired) electrons. The molecule has 0 aliphatic heterocycles. The van der Waals surface area contributed by atoms with Crippen molar-refractivity contribution in [2.24, 2.45) is 11.3 Å². The molecule has 0 heterocycles. The van der Waals surface area contributed by atoms with Gasteiger partial charge in [-0.1, -0.05) is 59.0 Å². The lowest BCUT2D eigenvalue weighted by molar-refractivity contribution is -0.0382. The Morgan fingerprint density at radius 1 is 1.15 bits per heavy atom. The second-order valence-corrected chi connectivity index (χ2v) is 7.37. The number of rotatable bonds is 10. The summed E-state index contributed by atoms with van der Waals surface area (Å²) in [6, 6.07) is 0. The first kappa shape index (κ1) is 17.8. The van der Waals surface area contributed by atoms with Gasteiger partial charge in [-0.05, 0) is 43.4 Å². The van der Waals surface area contributed by atoms with Gasteiger partial charge in [-0.15, -0.1) is 6.58 Å². The number of allylic oxidation sites excluding steroid dienone is 1. The predicted octanol–water partition coefficient (Wildman–Crippen LogP) is 6.13. The topological polar surface area (TPSA) is 9.23 Å². The number of unbranched alkanes of at least 4 members (excludes halogenated alkanes) is 5. The molecule has 20 heavy (non-hydrogen) atoms. The first-order chi connectivity index (χ1) is 9.59. The van der Waals surface area contributed by atoms with E-state index in [2.05, 4.69) is 33.4 Å². The van der Waals surface area contributed by atoms with Gasteiger partial charge in [-0.3, -0.25) is 0 Å². The van der Waals surface area contributed by atoms with Gasteiger partial charge in [-0.2, -0.15) is 0 Å². The summed E-state index contributed by atoms with van der Waals surface area (Å²) in [6.45, 7) is 11.9. The first-order valence-corrected chi connectivity index (χ1v) is 8.81. The maximum absolute atomic E-state index is 6.20. The molecule has 0 saturated heterocycles. The summed E-state index contributed by atoms with van der Waals surface area (Å²) in [5.74, 6) is 0.691. The molecule has 118 valence electrons. The quantitative estimate of drug-likeness (QED) is 0.345. The summed E-state index contributed by atoms with van der Waals surface area (Å²) in [6.07, 6.45) is 15.6. The standard InChI is InChI=1S/C19H36O/c1-5-7-8-9-10-11-15-20-18-13-14-19(3,4)16-17(18)12-6-2/h6,17-18H,2,5,7-16H2,1,3-4H3. The van der Waals surface area contributed by atoms with Crippen LogP contribution in [0.25, 0.3) is 0 Å². The Bertz CT molecular complexity index is 256. The fraction of sp³-hybridized carbons (Fsp3) is 0.895. The second kappa shape index (κ2) is 9.60. The SMILES string of the molecule is C=CCC1CC(C)(C)CCC1OCCCCCCCC. The third kappa shape index (κ3) is 6.92. The Morgan fingerprint density at radius 2 is 1.85 bits per heavy atom. The molecule has 0 amide bonds. The lowest BCUT2D eigenvalue weighted by Gasteiger charge is -2.40. The number of hydrogen-bond donors (Lipinski definition) is 0. The molecule has 0 bridgehead atoms. The average Bonchev–Trinajstić information content (AvgIpc) is 2.39. The van der Waals surface area contributed by atoms with Gasteiger partial charge in [0.1, 0.15) is 0 Å². The number of ether oxygens (including phenoxy) is 1. The summed E-state index contributed by atoms with van der Waals surface area (Å²) in [4.78, 5) is 0. The van der Waals surface area contributed by atoms with E-state index < -0.39 is 0 Å². The molecule has 0 aromatic rings. The largest absolute Gasteiger partial charge is 0.378 e. The van der Waals surface area contributed by atoms with E-state index in [-0.39, 0.29) is 0 Å². The van der Waals surface area contributed by atoms with Crippen molar-refractivity contribution in [1.82, 2.24) is 0 Å². The fourth-order valence-electron chi connectivity index (χ4n) is 3.50. The van der Waals surface area contributed by atoms with E-state index in [1.54, 1.807) is 0 Å². The molecule has 1 heteroatoms. The molecule has 2 atom stereocenters. The van der Waals surface area contributed by atoms with Crippen molar-refractivity contribution in [3.63, 3.8) is 0 Å². The Balaban J connectivity index is 2.19. The van der Waals surface area contributed by atoms with E-state index in [1.807, 2.05) is 0 Å². The summed E-state index contributed by atoms with van der Waals surface area (Å²) >= 11 is 0. The van der Waals surface area contributed by atoms with E-state index in [0.29, 0.717) is 17.4 Å². The maximum Gasteiger partial charge on any atom is 0.0606 e. The lowest BCUT2D eigenvalue weighted by atomic mass is 9.70. The fourth-order valence-corrected chi connectivity index (χ4v) is 3.50. The molecule has 0 N–H and O–H groups in total. The first-order valence-electron chi connectivity index (χ1n) is 8.81. The van der Waals surface area contributed by atoms with Crippen LogP contribution in [0.5, 0.6) is 0 Å². The van der Waals surface area contributed by atoms with Crippen molar-refractivity contribution in [2.45, 2.75) is 91.1 Å². The van der Waals surface area contributed by atoms with Crippen LogP contribution in [0.4, 0.5) is 0 Å². The molecule has 1 rings (SSSR count). The summed E-state index contributed by atoms with van der Waals surface area (Å²) in [5.41, 5.74) is 0.494. The van der Waals surface area contributed by atoms with Crippen molar-refractivity contribution < 1.29 is 4.74 Å².